The monoisotopic (exact) mass is 324 g/mol. The quantitative estimate of drug-likeness (QED) is 0.659. The van der Waals surface area contributed by atoms with Crippen molar-refractivity contribution < 1.29 is 9.53 Å². The third-order valence-corrected chi connectivity index (χ3v) is 3.27. The molecule has 122 valence electrons. The molecular formula is C16H16N6O2. The zero-order chi connectivity index (χ0) is 16.8. The van der Waals surface area contributed by atoms with Gasteiger partial charge in [0.15, 0.2) is 5.65 Å². The third kappa shape index (κ3) is 3.67. The van der Waals surface area contributed by atoms with Gasteiger partial charge in [0.25, 0.3) is 0 Å². The summed E-state index contributed by atoms with van der Waals surface area (Å²) in [5.74, 6) is 0.351. The minimum atomic E-state index is -0.485. The molecule has 0 bridgehead atoms. The lowest BCUT2D eigenvalue weighted by Crippen LogP contribution is -2.24. The van der Waals surface area contributed by atoms with Crippen LogP contribution in [0.5, 0.6) is 0 Å². The van der Waals surface area contributed by atoms with Crippen molar-refractivity contribution in [3.05, 3.63) is 54.0 Å². The van der Waals surface area contributed by atoms with Crippen LogP contribution in [0.3, 0.4) is 0 Å². The number of anilines is 1. The van der Waals surface area contributed by atoms with Crippen molar-refractivity contribution in [2.24, 2.45) is 0 Å². The Morgan fingerprint density at radius 1 is 1.29 bits per heavy atom. The molecular weight excluding hydrogens is 308 g/mol. The van der Waals surface area contributed by atoms with Gasteiger partial charge < -0.3 is 15.8 Å². The van der Waals surface area contributed by atoms with E-state index in [0.717, 1.165) is 5.56 Å². The van der Waals surface area contributed by atoms with Gasteiger partial charge in [-0.25, -0.2) is 14.8 Å². The number of benzene rings is 1. The lowest BCUT2D eigenvalue weighted by atomic mass is 10.2. The van der Waals surface area contributed by atoms with E-state index >= 15 is 0 Å². The Hall–Kier alpha value is -3.42. The van der Waals surface area contributed by atoms with Crippen molar-refractivity contribution in [3.63, 3.8) is 0 Å². The number of hydrogen-bond donors (Lipinski definition) is 3. The number of carbonyl (C=O) groups excluding carboxylic acids is 1. The smallest absolute Gasteiger partial charge is 0.407 e. The lowest BCUT2D eigenvalue weighted by molar-refractivity contribution is 0.141. The first-order valence-electron chi connectivity index (χ1n) is 7.29. The van der Waals surface area contributed by atoms with Crippen LogP contribution in [0.1, 0.15) is 11.3 Å². The Morgan fingerprint density at radius 2 is 2.12 bits per heavy atom. The summed E-state index contributed by atoms with van der Waals surface area (Å²) in [5, 5.41) is 10.1. The molecule has 3 rings (SSSR count). The first-order chi connectivity index (χ1) is 11.7. The van der Waals surface area contributed by atoms with E-state index in [4.69, 9.17) is 10.5 Å². The average Bonchev–Trinajstić information content (AvgIpc) is 3.02. The Labute approximate surface area is 137 Å². The van der Waals surface area contributed by atoms with Crippen LogP contribution in [0.2, 0.25) is 0 Å². The predicted octanol–water partition coefficient (Wildman–Crippen LogP) is 1.87. The molecule has 0 fully saturated rings. The van der Waals surface area contributed by atoms with Gasteiger partial charge in [0.2, 0.25) is 0 Å². The maximum Gasteiger partial charge on any atom is 0.407 e. The van der Waals surface area contributed by atoms with Crippen LogP contribution >= 0.6 is 0 Å². The lowest BCUT2D eigenvalue weighted by Gasteiger charge is -2.05. The number of rotatable bonds is 5. The number of hydrogen-bond acceptors (Lipinski definition) is 6. The fourth-order valence-electron chi connectivity index (χ4n) is 2.12. The van der Waals surface area contributed by atoms with Gasteiger partial charge in [-0.3, -0.25) is 5.10 Å². The minimum absolute atomic E-state index is 0.232. The highest BCUT2D eigenvalue weighted by Gasteiger charge is 2.07. The summed E-state index contributed by atoms with van der Waals surface area (Å²) in [5.41, 5.74) is 7.93. The topological polar surface area (TPSA) is 119 Å². The molecule has 3 aromatic rings. The Balaban J connectivity index is 1.50. The van der Waals surface area contributed by atoms with Crippen LogP contribution < -0.4 is 11.1 Å². The molecule has 0 atom stereocenters. The summed E-state index contributed by atoms with van der Waals surface area (Å²) in [6.07, 6.45) is 4.38. The van der Waals surface area contributed by atoms with Gasteiger partial charge >= 0.3 is 6.09 Å². The van der Waals surface area contributed by atoms with E-state index in [1.54, 1.807) is 12.2 Å². The van der Waals surface area contributed by atoms with Crippen LogP contribution in [0, 0.1) is 0 Å². The second kappa shape index (κ2) is 7.23. The number of aromatic amines is 1. The summed E-state index contributed by atoms with van der Waals surface area (Å²) in [7, 11) is 0. The molecule has 24 heavy (non-hydrogen) atoms. The summed E-state index contributed by atoms with van der Waals surface area (Å²) < 4.78 is 5.11. The molecule has 0 aliphatic heterocycles. The van der Waals surface area contributed by atoms with Crippen molar-refractivity contribution >= 4 is 29.0 Å². The van der Waals surface area contributed by atoms with E-state index < -0.39 is 6.09 Å². The van der Waals surface area contributed by atoms with Gasteiger partial charge in [0.1, 0.15) is 18.8 Å². The van der Waals surface area contributed by atoms with Crippen LogP contribution in [0.25, 0.3) is 17.1 Å². The van der Waals surface area contributed by atoms with E-state index in [0.29, 0.717) is 29.1 Å². The van der Waals surface area contributed by atoms with E-state index in [2.05, 4.69) is 25.5 Å². The number of ether oxygens (including phenoxy) is 1. The van der Waals surface area contributed by atoms with Gasteiger partial charge in [-0.1, -0.05) is 36.4 Å². The number of alkyl carbamates (subject to hydrolysis) is 1. The van der Waals surface area contributed by atoms with E-state index in [1.165, 1.54) is 6.33 Å². The number of H-pyrrole nitrogens is 1. The molecule has 8 heteroatoms. The maximum absolute atomic E-state index is 11.6. The summed E-state index contributed by atoms with van der Waals surface area (Å²) in [4.78, 5) is 19.6. The van der Waals surface area contributed by atoms with Gasteiger partial charge in [0.05, 0.1) is 11.1 Å². The predicted molar refractivity (Wildman–Crippen MR) is 89.8 cm³/mol. The van der Waals surface area contributed by atoms with Gasteiger partial charge in [0, 0.05) is 6.54 Å². The second-order valence-corrected chi connectivity index (χ2v) is 4.94. The van der Waals surface area contributed by atoms with E-state index in [1.807, 2.05) is 30.3 Å². The van der Waals surface area contributed by atoms with Gasteiger partial charge in [-0.2, -0.15) is 5.10 Å². The molecule has 0 spiro atoms. The van der Waals surface area contributed by atoms with E-state index in [9.17, 15) is 4.79 Å². The van der Waals surface area contributed by atoms with Crippen LogP contribution in [0.4, 0.5) is 10.6 Å². The molecule has 8 nitrogen and oxygen atoms in total. The van der Waals surface area contributed by atoms with Gasteiger partial charge in [-0.05, 0) is 11.6 Å². The fraction of sp³-hybridized carbons (Fsp3) is 0.125. The second-order valence-electron chi connectivity index (χ2n) is 4.94. The highest BCUT2D eigenvalue weighted by atomic mass is 16.5. The maximum atomic E-state index is 11.6. The largest absolute Gasteiger partial charge is 0.445 e. The highest BCUT2D eigenvalue weighted by molar-refractivity contribution is 5.92. The van der Waals surface area contributed by atoms with Crippen molar-refractivity contribution in [2.45, 2.75) is 6.61 Å². The number of nitrogens with one attached hydrogen (secondary N) is 2. The average molecular weight is 324 g/mol. The number of nitrogens with two attached hydrogens (primary N) is 1. The summed E-state index contributed by atoms with van der Waals surface area (Å²) >= 11 is 0. The summed E-state index contributed by atoms with van der Waals surface area (Å²) in [6, 6.07) is 9.48. The third-order valence-electron chi connectivity index (χ3n) is 3.27. The zero-order valence-corrected chi connectivity index (χ0v) is 12.8. The van der Waals surface area contributed by atoms with Crippen LogP contribution in [0.15, 0.2) is 42.7 Å². The molecule has 4 N–H and O–H groups in total. The van der Waals surface area contributed by atoms with Crippen molar-refractivity contribution in [2.75, 3.05) is 12.3 Å². The fourth-order valence-corrected chi connectivity index (χ4v) is 2.12. The number of amides is 1. The molecule has 0 saturated carbocycles. The first-order valence-corrected chi connectivity index (χ1v) is 7.29. The molecule has 0 radical (unpaired) electrons. The number of fused-ring (bicyclic) bond motifs is 1. The molecule has 1 aromatic carbocycles. The highest BCUT2D eigenvalue weighted by Crippen LogP contribution is 2.19. The van der Waals surface area contributed by atoms with Crippen molar-refractivity contribution in [1.82, 2.24) is 25.5 Å². The minimum Gasteiger partial charge on any atom is -0.445 e. The van der Waals surface area contributed by atoms with Crippen molar-refractivity contribution in [1.29, 1.82) is 0 Å². The molecule has 0 unspecified atom stereocenters. The number of carbonyl (C=O) groups is 1. The molecule has 2 aromatic heterocycles. The normalized spacial score (nSPS) is 11.0. The SMILES string of the molecule is Nc1ncnc2n[nH]c(C=CCNC(=O)OCc3ccccc3)c12. The number of aromatic nitrogens is 4. The molecule has 0 saturated heterocycles. The standard InChI is InChI=1S/C16H16N6O2/c17-14-13-12(21-22-15(13)20-10-19-14)7-4-8-18-16(23)24-9-11-5-2-1-3-6-11/h1-7,10H,8-9H2,(H,18,23)(H3,17,19,20,21,22). The van der Waals surface area contributed by atoms with Gasteiger partial charge in [-0.15, -0.1) is 0 Å². The number of nitrogen functional groups attached to an aromatic ring is 1. The molecule has 0 aliphatic rings. The molecule has 2 heterocycles. The molecule has 0 aliphatic carbocycles. The van der Waals surface area contributed by atoms with Crippen LogP contribution in [-0.4, -0.2) is 32.8 Å². The Bertz CT molecular complexity index is 859. The first kappa shape index (κ1) is 15.5. The number of nitrogens with zero attached hydrogens (tertiary/aromatic N) is 3. The Kier molecular flexibility index (Phi) is 4.66. The van der Waals surface area contributed by atoms with Crippen LogP contribution in [-0.2, 0) is 11.3 Å². The van der Waals surface area contributed by atoms with E-state index in [-0.39, 0.29) is 6.61 Å². The summed E-state index contributed by atoms with van der Waals surface area (Å²) in [6.45, 7) is 0.539. The Morgan fingerprint density at radius 3 is 2.96 bits per heavy atom. The molecule has 1 amide bonds. The zero-order valence-electron chi connectivity index (χ0n) is 12.8. The van der Waals surface area contributed by atoms with Crippen molar-refractivity contribution in [3.8, 4) is 0 Å².